The van der Waals surface area contributed by atoms with Gasteiger partial charge in [-0.05, 0) is 34.1 Å². The van der Waals surface area contributed by atoms with Crippen molar-refractivity contribution >= 4 is 38.5 Å². The molecule has 0 aliphatic heterocycles. The number of aromatic nitrogens is 2. The molecule has 0 saturated carbocycles. The van der Waals surface area contributed by atoms with Crippen molar-refractivity contribution in [3.63, 3.8) is 0 Å². The second-order valence-electron chi connectivity index (χ2n) is 2.48. The molecule has 2 aromatic rings. The van der Waals surface area contributed by atoms with Gasteiger partial charge in [0, 0.05) is 27.1 Å². The normalized spacial score (nSPS) is 10.5. The summed E-state index contributed by atoms with van der Waals surface area (Å²) in [5, 5.41) is 7.51. The van der Waals surface area contributed by atoms with Crippen LogP contribution in [0.3, 0.4) is 0 Å². The van der Waals surface area contributed by atoms with E-state index in [9.17, 15) is 4.39 Å². The van der Waals surface area contributed by atoms with E-state index in [0.717, 1.165) is 0 Å². The molecule has 0 saturated heterocycles. The first kappa shape index (κ1) is 10.0. The van der Waals surface area contributed by atoms with E-state index >= 15 is 0 Å². The van der Waals surface area contributed by atoms with Crippen LogP contribution in [0.15, 0.2) is 27.1 Å². The van der Waals surface area contributed by atoms with E-state index < -0.39 is 0 Å². The Bertz CT molecular complexity index is 474. The van der Waals surface area contributed by atoms with Crippen molar-refractivity contribution in [1.82, 2.24) is 10.2 Å². The predicted octanol–water partition coefficient (Wildman–Crippen LogP) is 3.24. The van der Waals surface area contributed by atoms with Crippen molar-refractivity contribution in [2.24, 2.45) is 0 Å². The Morgan fingerprint density at radius 2 is 2.14 bits per heavy atom. The number of hydrogen-bond donors (Lipinski definition) is 0. The second-order valence-corrected chi connectivity index (χ2v) is 4.26. The summed E-state index contributed by atoms with van der Waals surface area (Å²) < 4.78 is 19.0. The van der Waals surface area contributed by atoms with Crippen molar-refractivity contribution in [1.29, 1.82) is 0 Å². The standard InChI is InChI=1S/C8H3BrFIN2O/c9-6-3-4(10)1-2-5(6)7-12-13-8(11)14-7/h1-3H. The van der Waals surface area contributed by atoms with Gasteiger partial charge in [0.25, 0.3) is 3.90 Å². The van der Waals surface area contributed by atoms with E-state index in [4.69, 9.17) is 4.42 Å². The van der Waals surface area contributed by atoms with Gasteiger partial charge in [0.1, 0.15) is 5.82 Å². The highest BCUT2D eigenvalue weighted by atomic mass is 127. The smallest absolute Gasteiger partial charge is 0.278 e. The SMILES string of the molecule is Fc1ccc(-c2nnc(I)o2)c(Br)c1. The van der Waals surface area contributed by atoms with Gasteiger partial charge >= 0.3 is 0 Å². The minimum Gasteiger partial charge on any atom is -0.412 e. The Hall–Kier alpha value is -0.500. The molecule has 0 amide bonds. The van der Waals surface area contributed by atoms with Crippen LogP contribution in [-0.4, -0.2) is 10.2 Å². The summed E-state index contributed by atoms with van der Waals surface area (Å²) in [7, 11) is 0. The Kier molecular flexibility index (Phi) is 2.82. The van der Waals surface area contributed by atoms with Crippen LogP contribution in [0.2, 0.25) is 0 Å². The van der Waals surface area contributed by atoms with Crippen LogP contribution < -0.4 is 0 Å². The first-order valence-corrected chi connectivity index (χ1v) is 5.48. The fraction of sp³-hybridized carbons (Fsp3) is 0. The lowest BCUT2D eigenvalue weighted by Crippen LogP contribution is -1.82. The van der Waals surface area contributed by atoms with Crippen LogP contribution in [-0.2, 0) is 0 Å². The largest absolute Gasteiger partial charge is 0.412 e. The zero-order valence-electron chi connectivity index (χ0n) is 6.67. The quantitative estimate of drug-likeness (QED) is 0.725. The van der Waals surface area contributed by atoms with E-state index in [1.165, 1.54) is 12.1 Å². The fourth-order valence-corrected chi connectivity index (χ4v) is 1.81. The van der Waals surface area contributed by atoms with Crippen molar-refractivity contribution in [2.75, 3.05) is 0 Å². The maximum atomic E-state index is 12.8. The molecule has 3 nitrogen and oxygen atoms in total. The average Bonchev–Trinajstić information content (AvgIpc) is 2.51. The van der Waals surface area contributed by atoms with E-state index in [2.05, 4.69) is 26.1 Å². The Morgan fingerprint density at radius 1 is 1.36 bits per heavy atom. The Morgan fingerprint density at radius 3 is 2.71 bits per heavy atom. The number of hydrogen-bond acceptors (Lipinski definition) is 3. The molecule has 2 rings (SSSR count). The molecule has 1 aromatic carbocycles. The molecule has 72 valence electrons. The number of halogens is 3. The fourth-order valence-electron chi connectivity index (χ4n) is 0.977. The van der Waals surface area contributed by atoms with E-state index in [-0.39, 0.29) is 5.82 Å². The highest BCUT2D eigenvalue weighted by Crippen LogP contribution is 2.27. The maximum absolute atomic E-state index is 12.8. The lowest BCUT2D eigenvalue weighted by Gasteiger charge is -1.97. The molecular weight excluding hydrogens is 366 g/mol. The van der Waals surface area contributed by atoms with Gasteiger partial charge in [-0.25, -0.2) is 4.39 Å². The van der Waals surface area contributed by atoms with Gasteiger partial charge in [-0.15, -0.1) is 10.2 Å². The molecule has 0 bridgehead atoms. The summed E-state index contributed by atoms with van der Waals surface area (Å²) in [6.07, 6.45) is 0. The average molecular weight is 369 g/mol. The maximum Gasteiger partial charge on any atom is 0.278 e. The van der Waals surface area contributed by atoms with E-state index in [1.807, 2.05) is 22.6 Å². The molecule has 0 atom stereocenters. The molecule has 14 heavy (non-hydrogen) atoms. The number of rotatable bonds is 1. The molecule has 0 N–H and O–H groups in total. The molecule has 0 radical (unpaired) electrons. The van der Waals surface area contributed by atoms with E-state index in [0.29, 0.717) is 19.8 Å². The lowest BCUT2D eigenvalue weighted by molar-refractivity contribution is 0.536. The molecule has 0 aliphatic carbocycles. The van der Waals surface area contributed by atoms with Crippen molar-refractivity contribution in [2.45, 2.75) is 0 Å². The van der Waals surface area contributed by atoms with Crippen LogP contribution in [0.4, 0.5) is 4.39 Å². The second kappa shape index (κ2) is 3.93. The van der Waals surface area contributed by atoms with Gasteiger partial charge in [0.05, 0.1) is 5.56 Å². The topological polar surface area (TPSA) is 38.9 Å². The van der Waals surface area contributed by atoms with Gasteiger partial charge in [0.15, 0.2) is 0 Å². The summed E-state index contributed by atoms with van der Waals surface area (Å²) in [6.45, 7) is 0. The molecular formula is C8H3BrFIN2O. The summed E-state index contributed by atoms with van der Waals surface area (Å²) >= 11 is 5.14. The third-order valence-corrected chi connectivity index (χ3v) is 2.65. The van der Waals surface area contributed by atoms with Crippen LogP contribution in [0.25, 0.3) is 11.5 Å². The van der Waals surface area contributed by atoms with Gasteiger partial charge in [-0.1, -0.05) is 0 Å². The minimum absolute atomic E-state index is 0.310. The van der Waals surface area contributed by atoms with Crippen LogP contribution in [0.1, 0.15) is 0 Å². The molecule has 0 fully saturated rings. The molecule has 0 aliphatic rings. The Balaban J connectivity index is 2.52. The molecule has 0 spiro atoms. The Labute approximate surface area is 101 Å². The highest BCUT2D eigenvalue weighted by molar-refractivity contribution is 14.1. The molecule has 0 unspecified atom stereocenters. The van der Waals surface area contributed by atoms with Gasteiger partial charge in [-0.2, -0.15) is 0 Å². The van der Waals surface area contributed by atoms with Crippen LogP contribution in [0, 0.1) is 9.71 Å². The number of benzene rings is 1. The summed E-state index contributed by atoms with van der Waals surface area (Å²) in [5.41, 5.74) is 0.682. The molecule has 1 aromatic heterocycles. The third kappa shape index (κ3) is 1.95. The predicted molar refractivity (Wildman–Crippen MR) is 60.1 cm³/mol. The van der Waals surface area contributed by atoms with Crippen LogP contribution >= 0.6 is 38.5 Å². The van der Waals surface area contributed by atoms with Crippen molar-refractivity contribution in [3.05, 3.63) is 32.4 Å². The highest BCUT2D eigenvalue weighted by Gasteiger charge is 2.10. The third-order valence-electron chi connectivity index (χ3n) is 1.56. The van der Waals surface area contributed by atoms with Gasteiger partial charge < -0.3 is 4.42 Å². The summed E-state index contributed by atoms with van der Waals surface area (Å²) in [6, 6.07) is 4.28. The van der Waals surface area contributed by atoms with Gasteiger partial charge in [-0.3, -0.25) is 0 Å². The lowest BCUT2D eigenvalue weighted by atomic mass is 10.2. The first-order valence-electron chi connectivity index (χ1n) is 3.61. The zero-order chi connectivity index (χ0) is 10.1. The van der Waals surface area contributed by atoms with Gasteiger partial charge in [0.2, 0.25) is 5.89 Å². The molecule has 1 heterocycles. The summed E-state index contributed by atoms with van der Waals surface area (Å²) in [5.74, 6) is 0.0658. The molecule has 6 heteroatoms. The monoisotopic (exact) mass is 368 g/mol. The van der Waals surface area contributed by atoms with Crippen LogP contribution in [0.5, 0.6) is 0 Å². The zero-order valence-corrected chi connectivity index (χ0v) is 10.4. The summed E-state index contributed by atoms with van der Waals surface area (Å²) in [4.78, 5) is 0. The van der Waals surface area contributed by atoms with Crippen molar-refractivity contribution in [3.8, 4) is 11.5 Å². The minimum atomic E-state index is -0.310. The first-order chi connectivity index (χ1) is 6.66. The van der Waals surface area contributed by atoms with E-state index in [1.54, 1.807) is 6.07 Å². The number of nitrogens with zero attached hydrogens (tertiary/aromatic N) is 2. The van der Waals surface area contributed by atoms with Crippen molar-refractivity contribution < 1.29 is 8.81 Å².